The molecule has 2 fully saturated rings. The van der Waals surface area contributed by atoms with E-state index in [0.29, 0.717) is 25.6 Å². The number of carbonyl (C=O) groups is 1. The molecule has 2 aromatic rings. The molecule has 154 valence electrons. The van der Waals surface area contributed by atoms with Gasteiger partial charge in [-0.05, 0) is 25.5 Å². The number of hydrogen-bond donors (Lipinski definition) is 1. The molecule has 1 atom stereocenters. The zero-order chi connectivity index (χ0) is 20.2. The highest BCUT2D eigenvalue weighted by Crippen LogP contribution is 2.30. The molecule has 1 saturated carbocycles. The summed E-state index contributed by atoms with van der Waals surface area (Å²) in [6.45, 7) is 2.13. The normalized spacial score (nSPS) is 20.0. The Morgan fingerprint density at radius 3 is 2.66 bits per heavy atom. The van der Waals surface area contributed by atoms with E-state index in [1.165, 1.54) is 31.2 Å². The van der Waals surface area contributed by atoms with Crippen molar-refractivity contribution in [2.24, 2.45) is 0 Å². The first-order chi connectivity index (χ1) is 14.1. The molecule has 1 N–H and O–H groups in total. The molecule has 29 heavy (non-hydrogen) atoms. The summed E-state index contributed by atoms with van der Waals surface area (Å²) in [6, 6.07) is 12.8. The first-order valence-corrected chi connectivity index (χ1v) is 10.7. The van der Waals surface area contributed by atoms with Crippen LogP contribution in [0.15, 0.2) is 36.4 Å². The van der Waals surface area contributed by atoms with Gasteiger partial charge in [0.05, 0.1) is 12.2 Å². The van der Waals surface area contributed by atoms with E-state index in [0.717, 1.165) is 23.9 Å². The van der Waals surface area contributed by atoms with Crippen LogP contribution in [-0.2, 0) is 17.9 Å². The number of aromatic nitrogens is 2. The minimum Gasteiger partial charge on any atom is -0.373 e. The van der Waals surface area contributed by atoms with Gasteiger partial charge in [-0.2, -0.15) is 0 Å². The summed E-state index contributed by atoms with van der Waals surface area (Å²) < 4.78 is 0. The molecular weight excluding hydrogens is 362 g/mol. The molecule has 1 aromatic carbocycles. The van der Waals surface area contributed by atoms with Crippen LogP contribution in [-0.4, -0.2) is 52.4 Å². The number of carbonyl (C=O) groups excluding carboxylic acids is 1. The fourth-order valence-electron chi connectivity index (χ4n) is 4.55. The van der Waals surface area contributed by atoms with Crippen molar-refractivity contribution < 1.29 is 4.79 Å². The molecule has 2 aliphatic rings. The van der Waals surface area contributed by atoms with Gasteiger partial charge in [0.1, 0.15) is 11.6 Å². The van der Waals surface area contributed by atoms with Gasteiger partial charge in [-0.1, -0.05) is 43.2 Å². The number of rotatable bonds is 7. The summed E-state index contributed by atoms with van der Waals surface area (Å²) in [7, 11) is 4.06. The monoisotopic (exact) mass is 393 g/mol. The van der Waals surface area contributed by atoms with E-state index in [-0.39, 0.29) is 11.8 Å². The van der Waals surface area contributed by atoms with Crippen LogP contribution in [0.5, 0.6) is 0 Å². The van der Waals surface area contributed by atoms with Crippen molar-refractivity contribution in [3.05, 3.63) is 53.5 Å². The Morgan fingerprint density at radius 1 is 1.17 bits per heavy atom. The first-order valence-electron chi connectivity index (χ1n) is 10.7. The lowest BCUT2D eigenvalue weighted by Crippen LogP contribution is -2.29. The van der Waals surface area contributed by atoms with Gasteiger partial charge >= 0.3 is 0 Å². The SMILES string of the molecule is CNc1cc([C@H]2CC(=O)N(Cc3ccccc3)C2)nc(CN(C)C2CCCC2)n1. The maximum atomic E-state index is 12.6. The minimum atomic E-state index is 0.122. The van der Waals surface area contributed by atoms with Gasteiger partial charge in [0.2, 0.25) is 5.91 Å². The molecule has 1 saturated heterocycles. The van der Waals surface area contributed by atoms with Gasteiger partial charge in [-0.15, -0.1) is 0 Å². The van der Waals surface area contributed by atoms with E-state index >= 15 is 0 Å². The number of amides is 1. The van der Waals surface area contributed by atoms with Crippen LogP contribution in [0.1, 0.15) is 55.1 Å². The minimum absolute atomic E-state index is 0.122. The van der Waals surface area contributed by atoms with Crippen molar-refractivity contribution in [1.82, 2.24) is 19.8 Å². The number of nitrogens with one attached hydrogen (secondary N) is 1. The van der Waals surface area contributed by atoms with Gasteiger partial charge in [-0.3, -0.25) is 9.69 Å². The van der Waals surface area contributed by atoms with Gasteiger partial charge in [-0.25, -0.2) is 9.97 Å². The van der Waals surface area contributed by atoms with Crippen molar-refractivity contribution in [2.45, 2.75) is 57.2 Å². The summed E-state index contributed by atoms with van der Waals surface area (Å²) in [5.74, 6) is 2.00. The fraction of sp³-hybridized carbons (Fsp3) is 0.522. The predicted molar refractivity (Wildman–Crippen MR) is 115 cm³/mol. The van der Waals surface area contributed by atoms with E-state index in [4.69, 9.17) is 4.98 Å². The van der Waals surface area contributed by atoms with Crippen molar-refractivity contribution in [3.8, 4) is 0 Å². The third-order valence-electron chi connectivity index (χ3n) is 6.24. The molecule has 6 heteroatoms. The topological polar surface area (TPSA) is 61.4 Å². The van der Waals surface area contributed by atoms with Gasteiger partial charge < -0.3 is 10.2 Å². The molecule has 1 aromatic heterocycles. The number of hydrogen-bond acceptors (Lipinski definition) is 5. The largest absolute Gasteiger partial charge is 0.373 e. The Kier molecular flexibility index (Phi) is 6.09. The Morgan fingerprint density at radius 2 is 1.93 bits per heavy atom. The summed E-state index contributed by atoms with van der Waals surface area (Å²) in [4.78, 5) is 26.5. The highest BCUT2D eigenvalue weighted by molar-refractivity contribution is 5.79. The summed E-state index contributed by atoms with van der Waals surface area (Å²) in [5, 5.41) is 3.17. The molecule has 2 heterocycles. The summed E-state index contributed by atoms with van der Waals surface area (Å²) >= 11 is 0. The van der Waals surface area contributed by atoms with E-state index in [2.05, 4.69) is 34.4 Å². The number of anilines is 1. The standard InChI is InChI=1S/C23H31N5O/c1-24-21-13-20(25-22(26-21)16-27(2)19-10-6-7-11-19)18-12-23(29)28(15-18)14-17-8-4-3-5-9-17/h3-5,8-9,13,18-19H,6-7,10-12,14-16H2,1-2H3,(H,24,25,26)/t18-/m0/s1. The number of benzene rings is 1. The highest BCUT2D eigenvalue weighted by atomic mass is 16.2. The summed E-state index contributed by atoms with van der Waals surface area (Å²) in [6.07, 6.45) is 5.68. The maximum absolute atomic E-state index is 12.6. The number of nitrogens with zero attached hydrogens (tertiary/aromatic N) is 4. The molecule has 0 bridgehead atoms. The van der Waals surface area contributed by atoms with Crippen LogP contribution in [0.2, 0.25) is 0 Å². The van der Waals surface area contributed by atoms with E-state index in [1.807, 2.05) is 36.2 Å². The molecule has 1 aliphatic carbocycles. The van der Waals surface area contributed by atoms with Crippen LogP contribution < -0.4 is 5.32 Å². The Bertz CT molecular complexity index is 834. The second kappa shape index (κ2) is 8.91. The zero-order valence-electron chi connectivity index (χ0n) is 17.5. The second-order valence-electron chi connectivity index (χ2n) is 8.36. The van der Waals surface area contributed by atoms with E-state index < -0.39 is 0 Å². The van der Waals surface area contributed by atoms with Crippen LogP contribution >= 0.6 is 0 Å². The Labute approximate surface area is 173 Å². The lowest BCUT2D eigenvalue weighted by molar-refractivity contribution is -0.128. The smallest absolute Gasteiger partial charge is 0.223 e. The number of likely N-dealkylation sites (tertiary alicyclic amines) is 1. The highest BCUT2D eigenvalue weighted by Gasteiger charge is 2.32. The lowest BCUT2D eigenvalue weighted by atomic mass is 10.0. The lowest BCUT2D eigenvalue weighted by Gasteiger charge is -2.23. The molecular formula is C23H31N5O. The molecule has 0 radical (unpaired) electrons. The molecule has 1 aliphatic heterocycles. The summed E-state index contributed by atoms with van der Waals surface area (Å²) in [5.41, 5.74) is 2.14. The second-order valence-corrected chi connectivity index (χ2v) is 8.36. The molecule has 0 spiro atoms. The quantitative estimate of drug-likeness (QED) is 0.781. The Balaban J connectivity index is 1.48. The predicted octanol–water partition coefficient (Wildman–Crippen LogP) is 3.41. The van der Waals surface area contributed by atoms with Crippen LogP contribution in [0, 0.1) is 0 Å². The zero-order valence-corrected chi connectivity index (χ0v) is 17.5. The molecule has 1 amide bonds. The maximum Gasteiger partial charge on any atom is 0.223 e. The third kappa shape index (κ3) is 4.75. The van der Waals surface area contributed by atoms with Crippen LogP contribution in [0.4, 0.5) is 5.82 Å². The van der Waals surface area contributed by atoms with E-state index in [9.17, 15) is 4.79 Å². The van der Waals surface area contributed by atoms with E-state index in [1.54, 1.807) is 0 Å². The van der Waals surface area contributed by atoms with Crippen molar-refractivity contribution in [3.63, 3.8) is 0 Å². The average molecular weight is 394 g/mol. The van der Waals surface area contributed by atoms with Crippen molar-refractivity contribution in [2.75, 3.05) is 26.0 Å². The molecule has 6 nitrogen and oxygen atoms in total. The van der Waals surface area contributed by atoms with Crippen molar-refractivity contribution >= 4 is 11.7 Å². The van der Waals surface area contributed by atoms with Gasteiger partial charge in [0.15, 0.2) is 0 Å². The fourth-order valence-corrected chi connectivity index (χ4v) is 4.55. The van der Waals surface area contributed by atoms with Gasteiger partial charge in [0, 0.05) is 44.6 Å². The van der Waals surface area contributed by atoms with Crippen molar-refractivity contribution in [1.29, 1.82) is 0 Å². The van der Waals surface area contributed by atoms with Crippen LogP contribution in [0.3, 0.4) is 0 Å². The van der Waals surface area contributed by atoms with Crippen LogP contribution in [0.25, 0.3) is 0 Å². The average Bonchev–Trinajstić information content (AvgIpc) is 3.39. The molecule has 4 rings (SSSR count). The van der Waals surface area contributed by atoms with Gasteiger partial charge in [0.25, 0.3) is 0 Å². The molecule has 0 unspecified atom stereocenters. The third-order valence-corrected chi connectivity index (χ3v) is 6.24. The first kappa shape index (κ1) is 19.8. The Hall–Kier alpha value is -2.47.